The van der Waals surface area contributed by atoms with E-state index in [4.69, 9.17) is 0 Å². The zero-order chi connectivity index (χ0) is 11.5. The van der Waals surface area contributed by atoms with Crippen LogP contribution in [0.2, 0.25) is 0 Å². The predicted molar refractivity (Wildman–Crippen MR) is 59.6 cm³/mol. The first kappa shape index (κ1) is 10.4. The highest BCUT2D eigenvalue weighted by Gasteiger charge is 2.08. The molecule has 0 aliphatic rings. The quantitative estimate of drug-likeness (QED) is 0.721. The van der Waals surface area contributed by atoms with E-state index in [1.165, 1.54) is 7.11 Å². The van der Waals surface area contributed by atoms with Crippen molar-refractivity contribution < 1.29 is 9.53 Å². The van der Waals surface area contributed by atoms with Crippen LogP contribution in [0.3, 0.4) is 0 Å². The smallest absolute Gasteiger partial charge is 0.337 e. The fourth-order valence-electron chi connectivity index (χ4n) is 1.51. The van der Waals surface area contributed by atoms with Crippen molar-refractivity contribution in [3.63, 3.8) is 0 Å². The molecule has 0 aliphatic carbocycles. The number of benzene rings is 1. The van der Waals surface area contributed by atoms with E-state index in [1.54, 1.807) is 23.0 Å². The summed E-state index contributed by atoms with van der Waals surface area (Å²) in [6, 6.07) is 7.23. The highest BCUT2D eigenvalue weighted by Crippen LogP contribution is 2.15. The van der Waals surface area contributed by atoms with Crippen LogP contribution in [0.15, 0.2) is 36.7 Å². The van der Waals surface area contributed by atoms with Gasteiger partial charge in [0.25, 0.3) is 0 Å². The number of esters is 1. The van der Waals surface area contributed by atoms with E-state index in [0.717, 1.165) is 11.3 Å². The number of hydrogen-bond donors (Lipinski definition) is 0. The molecule has 2 aromatic rings. The second kappa shape index (κ2) is 4.18. The highest BCUT2D eigenvalue weighted by atomic mass is 16.5. The molecule has 1 heterocycles. The van der Waals surface area contributed by atoms with Crippen LogP contribution in [-0.2, 0) is 4.74 Å². The Morgan fingerprint density at radius 3 is 2.88 bits per heavy atom. The molecule has 82 valence electrons. The lowest BCUT2D eigenvalue weighted by Gasteiger charge is -2.07. The van der Waals surface area contributed by atoms with Gasteiger partial charge in [-0.25, -0.2) is 9.48 Å². The first-order chi connectivity index (χ1) is 7.72. The number of carbonyl (C=O) groups is 1. The molecule has 0 saturated heterocycles. The van der Waals surface area contributed by atoms with E-state index >= 15 is 0 Å². The van der Waals surface area contributed by atoms with E-state index < -0.39 is 0 Å². The van der Waals surface area contributed by atoms with Crippen molar-refractivity contribution in [1.29, 1.82) is 0 Å². The molecular weight excluding hydrogens is 204 g/mol. The van der Waals surface area contributed by atoms with Crippen molar-refractivity contribution in [2.24, 2.45) is 0 Å². The Labute approximate surface area is 93.5 Å². The van der Waals surface area contributed by atoms with Crippen molar-refractivity contribution in [3.05, 3.63) is 47.8 Å². The van der Waals surface area contributed by atoms with Crippen molar-refractivity contribution in [1.82, 2.24) is 9.78 Å². The molecule has 0 amide bonds. The second-order valence-electron chi connectivity index (χ2n) is 3.44. The molecule has 0 saturated carbocycles. The van der Waals surface area contributed by atoms with Crippen molar-refractivity contribution in [2.45, 2.75) is 6.92 Å². The van der Waals surface area contributed by atoms with E-state index in [1.807, 2.05) is 25.3 Å². The number of methoxy groups -OCH3 is 1. The van der Waals surface area contributed by atoms with E-state index in [9.17, 15) is 4.79 Å². The number of rotatable bonds is 2. The lowest BCUT2D eigenvalue weighted by atomic mass is 10.1. The predicted octanol–water partition coefficient (Wildman–Crippen LogP) is 1.97. The molecule has 0 radical (unpaired) electrons. The average molecular weight is 216 g/mol. The minimum Gasteiger partial charge on any atom is -0.465 e. The molecule has 0 bridgehead atoms. The molecule has 4 nitrogen and oxygen atoms in total. The molecule has 4 heteroatoms. The molecular formula is C12H12N2O2. The van der Waals surface area contributed by atoms with Crippen molar-refractivity contribution in [3.8, 4) is 5.69 Å². The Balaban J connectivity index is 2.49. The lowest BCUT2D eigenvalue weighted by molar-refractivity contribution is 0.0600. The third kappa shape index (κ3) is 1.82. The normalized spacial score (nSPS) is 10.1. The van der Waals surface area contributed by atoms with Gasteiger partial charge in [0.1, 0.15) is 0 Å². The minimum absolute atomic E-state index is 0.339. The van der Waals surface area contributed by atoms with Gasteiger partial charge in [0.15, 0.2) is 0 Å². The van der Waals surface area contributed by atoms with Gasteiger partial charge in [0.05, 0.1) is 18.4 Å². The number of aromatic nitrogens is 2. The van der Waals surface area contributed by atoms with Crippen LogP contribution in [-0.4, -0.2) is 22.9 Å². The maximum absolute atomic E-state index is 11.4. The maximum atomic E-state index is 11.4. The number of carbonyl (C=O) groups excluding carboxylic acids is 1. The molecule has 0 N–H and O–H groups in total. The topological polar surface area (TPSA) is 44.1 Å². The first-order valence-electron chi connectivity index (χ1n) is 4.91. The Kier molecular flexibility index (Phi) is 2.72. The summed E-state index contributed by atoms with van der Waals surface area (Å²) in [5, 5.41) is 4.14. The molecule has 16 heavy (non-hydrogen) atoms. The van der Waals surface area contributed by atoms with Crippen molar-refractivity contribution >= 4 is 5.97 Å². The van der Waals surface area contributed by atoms with Crippen molar-refractivity contribution in [2.75, 3.05) is 7.11 Å². The fraction of sp³-hybridized carbons (Fsp3) is 0.167. The van der Waals surface area contributed by atoms with Crippen LogP contribution in [0.25, 0.3) is 5.69 Å². The van der Waals surface area contributed by atoms with Gasteiger partial charge in [0, 0.05) is 12.4 Å². The van der Waals surface area contributed by atoms with Crippen LogP contribution in [0.4, 0.5) is 0 Å². The van der Waals surface area contributed by atoms with Gasteiger partial charge >= 0.3 is 5.97 Å². The van der Waals surface area contributed by atoms with Gasteiger partial charge in [-0.1, -0.05) is 6.07 Å². The highest BCUT2D eigenvalue weighted by molar-refractivity contribution is 5.90. The molecule has 0 unspecified atom stereocenters. The van der Waals surface area contributed by atoms with Gasteiger partial charge in [-0.15, -0.1) is 0 Å². The Morgan fingerprint density at radius 2 is 2.25 bits per heavy atom. The SMILES string of the molecule is COC(=O)c1ccc(C)c(-n2cccn2)c1. The van der Waals surface area contributed by atoms with Crippen LogP contribution in [0.5, 0.6) is 0 Å². The third-order valence-corrected chi connectivity index (χ3v) is 2.38. The Hall–Kier alpha value is -2.10. The molecule has 1 aromatic carbocycles. The largest absolute Gasteiger partial charge is 0.465 e. The molecule has 0 atom stereocenters. The Morgan fingerprint density at radius 1 is 1.44 bits per heavy atom. The summed E-state index contributed by atoms with van der Waals surface area (Å²) in [4.78, 5) is 11.4. The summed E-state index contributed by atoms with van der Waals surface area (Å²) in [7, 11) is 1.37. The minimum atomic E-state index is -0.339. The maximum Gasteiger partial charge on any atom is 0.337 e. The van der Waals surface area contributed by atoms with Gasteiger partial charge in [0.2, 0.25) is 0 Å². The summed E-state index contributed by atoms with van der Waals surface area (Å²) in [6.07, 6.45) is 3.54. The summed E-state index contributed by atoms with van der Waals surface area (Å²) in [5.41, 5.74) is 2.46. The van der Waals surface area contributed by atoms with Gasteiger partial charge in [-0.2, -0.15) is 5.10 Å². The standard InChI is InChI=1S/C12H12N2O2/c1-9-4-5-10(12(15)16-2)8-11(9)14-7-3-6-13-14/h3-8H,1-2H3. The van der Waals surface area contributed by atoms with Crippen LogP contribution in [0, 0.1) is 6.92 Å². The zero-order valence-corrected chi connectivity index (χ0v) is 9.18. The summed E-state index contributed by atoms with van der Waals surface area (Å²) in [6.45, 7) is 1.97. The van der Waals surface area contributed by atoms with Crippen LogP contribution < -0.4 is 0 Å². The number of hydrogen-bond acceptors (Lipinski definition) is 3. The van der Waals surface area contributed by atoms with Gasteiger partial charge in [-0.3, -0.25) is 0 Å². The summed E-state index contributed by atoms with van der Waals surface area (Å²) >= 11 is 0. The lowest BCUT2D eigenvalue weighted by Crippen LogP contribution is -2.04. The van der Waals surface area contributed by atoms with E-state index in [2.05, 4.69) is 9.84 Å². The first-order valence-corrected chi connectivity index (χ1v) is 4.91. The summed E-state index contributed by atoms with van der Waals surface area (Å²) in [5.74, 6) is -0.339. The van der Waals surface area contributed by atoms with E-state index in [-0.39, 0.29) is 5.97 Å². The van der Waals surface area contributed by atoms with Gasteiger partial charge < -0.3 is 4.74 Å². The van der Waals surface area contributed by atoms with Crippen LogP contribution >= 0.6 is 0 Å². The summed E-state index contributed by atoms with van der Waals surface area (Å²) < 4.78 is 6.40. The third-order valence-electron chi connectivity index (χ3n) is 2.38. The van der Waals surface area contributed by atoms with Crippen LogP contribution in [0.1, 0.15) is 15.9 Å². The monoisotopic (exact) mass is 216 g/mol. The molecule has 0 fully saturated rings. The number of ether oxygens (including phenoxy) is 1. The zero-order valence-electron chi connectivity index (χ0n) is 9.18. The van der Waals surface area contributed by atoms with Gasteiger partial charge in [-0.05, 0) is 30.7 Å². The second-order valence-corrected chi connectivity index (χ2v) is 3.44. The molecule has 0 aliphatic heterocycles. The van der Waals surface area contributed by atoms with E-state index in [0.29, 0.717) is 5.56 Å². The number of aryl methyl sites for hydroxylation is 1. The molecule has 2 rings (SSSR count). The number of nitrogens with zero attached hydrogens (tertiary/aromatic N) is 2. The average Bonchev–Trinajstić information content (AvgIpc) is 2.82. The molecule has 0 spiro atoms. The Bertz CT molecular complexity index is 504. The fourth-order valence-corrected chi connectivity index (χ4v) is 1.51. The molecule has 1 aromatic heterocycles.